The first-order valence-corrected chi connectivity index (χ1v) is 8.87. The Labute approximate surface area is 139 Å². The fourth-order valence-corrected chi connectivity index (χ4v) is 3.38. The second-order valence-electron chi connectivity index (χ2n) is 5.30. The van der Waals surface area contributed by atoms with Gasteiger partial charge in [-0.2, -0.15) is 0 Å². The summed E-state index contributed by atoms with van der Waals surface area (Å²) in [5.41, 5.74) is 1.07. The molecule has 7 nitrogen and oxygen atoms in total. The molecule has 23 heavy (non-hydrogen) atoms. The van der Waals surface area contributed by atoms with E-state index in [1.165, 1.54) is 18.2 Å². The minimum Gasteiger partial charge on any atom is -0.369 e. The molecule has 1 aromatic heterocycles. The van der Waals surface area contributed by atoms with Gasteiger partial charge in [0.15, 0.2) is 9.84 Å². The molecule has 9 heteroatoms. The molecule has 0 amide bonds. The van der Waals surface area contributed by atoms with E-state index in [2.05, 4.69) is 0 Å². The van der Waals surface area contributed by atoms with Gasteiger partial charge in [-0.15, -0.1) is 0 Å². The maximum absolute atomic E-state index is 11.8. The predicted octanol–water partition coefficient (Wildman–Crippen LogP) is 2.63. The average Bonchev–Trinajstić information content (AvgIpc) is 2.75. The molecule has 0 aliphatic heterocycles. The molecule has 2 aromatic rings. The summed E-state index contributed by atoms with van der Waals surface area (Å²) in [6.07, 6.45) is 2.72. The van der Waals surface area contributed by atoms with Crippen LogP contribution in [0.15, 0.2) is 35.4 Å². The zero-order valence-electron chi connectivity index (χ0n) is 12.9. The van der Waals surface area contributed by atoms with Crippen molar-refractivity contribution in [3.05, 3.63) is 51.3 Å². The van der Waals surface area contributed by atoms with Crippen molar-refractivity contribution in [1.82, 2.24) is 4.57 Å². The van der Waals surface area contributed by atoms with Crippen molar-refractivity contribution < 1.29 is 13.3 Å². The Hall–Kier alpha value is -2.06. The van der Waals surface area contributed by atoms with Crippen molar-refractivity contribution in [2.75, 3.05) is 18.2 Å². The zero-order valence-corrected chi connectivity index (χ0v) is 14.4. The molecule has 0 aliphatic carbocycles. The number of benzene rings is 1. The van der Waals surface area contributed by atoms with Gasteiger partial charge in [-0.3, -0.25) is 10.1 Å². The van der Waals surface area contributed by atoms with Crippen molar-refractivity contribution in [3.8, 4) is 0 Å². The highest BCUT2D eigenvalue weighted by molar-refractivity contribution is 7.90. The topological polar surface area (TPSA) is 85.4 Å². The average molecular weight is 358 g/mol. The van der Waals surface area contributed by atoms with Gasteiger partial charge in [0.05, 0.1) is 16.5 Å². The normalized spacial score (nSPS) is 11.5. The Morgan fingerprint density at radius 3 is 2.48 bits per heavy atom. The van der Waals surface area contributed by atoms with Crippen LogP contribution in [0.25, 0.3) is 0 Å². The first kappa shape index (κ1) is 17.3. The van der Waals surface area contributed by atoms with Crippen molar-refractivity contribution >= 4 is 32.8 Å². The van der Waals surface area contributed by atoms with Crippen molar-refractivity contribution in [1.29, 1.82) is 0 Å². The van der Waals surface area contributed by atoms with E-state index in [0.29, 0.717) is 17.3 Å². The van der Waals surface area contributed by atoms with Crippen LogP contribution in [-0.2, 0) is 23.4 Å². The third-order valence-electron chi connectivity index (χ3n) is 3.45. The Balaban J connectivity index is 2.40. The monoisotopic (exact) mass is 357 g/mol. The van der Waals surface area contributed by atoms with Crippen LogP contribution in [0.3, 0.4) is 0 Å². The molecule has 0 N–H and O–H groups in total. The summed E-state index contributed by atoms with van der Waals surface area (Å²) in [5, 5.41) is 11.6. The van der Waals surface area contributed by atoms with Gasteiger partial charge in [-0.25, -0.2) is 8.42 Å². The first-order chi connectivity index (χ1) is 10.6. The largest absolute Gasteiger partial charge is 0.369 e. The minimum atomic E-state index is -3.71. The number of nitrogens with zero attached hydrogens (tertiary/aromatic N) is 3. The Kier molecular flexibility index (Phi) is 4.67. The molecule has 0 unspecified atom stereocenters. The lowest BCUT2D eigenvalue weighted by Crippen LogP contribution is -2.18. The van der Waals surface area contributed by atoms with Crippen LogP contribution < -0.4 is 4.90 Å². The van der Waals surface area contributed by atoms with E-state index >= 15 is 0 Å². The Morgan fingerprint density at radius 1 is 1.35 bits per heavy atom. The summed E-state index contributed by atoms with van der Waals surface area (Å²) in [5.74, 6) is 0. The second-order valence-corrected chi connectivity index (χ2v) is 7.72. The number of hydrogen-bond acceptors (Lipinski definition) is 5. The van der Waals surface area contributed by atoms with E-state index in [9.17, 15) is 18.5 Å². The van der Waals surface area contributed by atoms with Crippen molar-refractivity contribution in [3.63, 3.8) is 0 Å². The fraction of sp³-hybridized carbons (Fsp3) is 0.286. The van der Waals surface area contributed by atoms with Crippen LogP contribution in [-0.4, -0.2) is 31.2 Å². The van der Waals surface area contributed by atoms with Gasteiger partial charge in [0, 0.05) is 44.0 Å². The highest BCUT2D eigenvalue weighted by atomic mass is 35.5. The quantitative estimate of drug-likeness (QED) is 0.606. The van der Waals surface area contributed by atoms with Crippen LogP contribution in [0.1, 0.15) is 5.69 Å². The van der Waals surface area contributed by atoms with Crippen LogP contribution in [0.2, 0.25) is 5.02 Å². The van der Waals surface area contributed by atoms with Gasteiger partial charge in [0.2, 0.25) is 0 Å². The number of aromatic nitrogens is 1. The zero-order chi connectivity index (χ0) is 17.4. The molecule has 0 fully saturated rings. The summed E-state index contributed by atoms with van der Waals surface area (Å²) in [7, 11) is -0.0801. The maximum atomic E-state index is 11.8. The molecule has 0 radical (unpaired) electrons. The molecule has 0 saturated heterocycles. The van der Waals surface area contributed by atoms with Crippen LogP contribution in [0.5, 0.6) is 0 Å². The molecule has 124 valence electrons. The SMILES string of the molecule is CN(Cc1cc(Cl)cn1C)c1ccc([N+](=O)[O-])c(S(C)(=O)=O)c1. The summed E-state index contributed by atoms with van der Waals surface area (Å²) < 4.78 is 25.5. The summed E-state index contributed by atoms with van der Waals surface area (Å²) >= 11 is 5.94. The summed E-state index contributed by atoms with van der Waals surface area (Å²) in [4.78, 5) is 11.8. The molecule has 0 bridgehead atoms. The molecule has 0 saturated carbocycles. The first-order valence-electron chi connectivity index (χ1n) is 6.60. The highest BCUT2D eigenvalue weighted by Crippen LogP contribution is 2.29. The van der Waals surface area contributed by atoms with Gasteiger partial charge in [-0.05, 0) is 18.2 Å². The van der Waals surface area contributed by atoms with Gasteiger partial charge < -0.3 is 9.47 Å². The lowest BCUT2D eigenvalue weighted by Gasteiger charge is -2.20. The summed E-state index contributed by atoms with van der Waals surface area (Å²) in [6, 6.07) is 5.86. The second kappa shape index (κ2) is 6.21. The van der Waals surface area contributed by atoms with Gasteiger partial charge in [0.1, 0.15) is 4.90 Å². The number of aryl methyl sites for hydroxylation is 1. The number of anilines is 1. The number of hydrogen-bond donors (Lipinski definition) is 0. The molecule has 2 rings (SSSR count). The van der Waals surface area contributed by atoms with E-state index in [1.807, 2.05) is 11.6 Å². The van der Waals surface area contributed by atoms with Gasteiger partial charge in [-0.1, -0.05) is 11.6 Å². The Morgan fingerprint density at radius 2 is 2.00 bits per heavy atom. The van der Waals surface area contributed by atoms with E-state index in [-0.39, 0.29) is 4.90 Å². The number of halogens is 1. The standard InChI is InChI=1S/C14H16ClN3O4S/c1-16-8-10(15)6-12(16)9-17(2)11-4-5-13(18(19)20)14(7-11)23(3,21)22/h4-8H,9H2,1-3H3. The lowest BCUT2D eigenvalue weighted by atomic mass is 10.2. The molecule has 0 aliphatic rings. The van der Waals surface area contributed by atoms with Crippen LogP contribution >= 0.6 is 11.6 Å². The number of rotatable bonds is 5. The van der Waals surface area contributed by atoms with Crippen molar-refractivity contribution in [2.24, 2.45) is 7.05 Å². The highest BCUT2D eigenvalue weighted by Gasteiger charge is 2.23. The summed E-state index contributed by atoms with van der Waals surface area (Å²) in [6.45, 7) is 0.476. The molecule has 1 aromatic carbocycles. The maximum Gasteiger partial charge on any atom is 0.288 e. The third kappa shape index (κ3) is 3.83. The van der Waals surface area contributed by atoms with Crippen molar-refractivity contribution in [2.45, 2.75) is 11.4 Å². The minimum absolute atomic E-state index is 0.295. The van der Waals surface area contributed by atoms with E-state index in [1.54, 1.807) is 24.2 Å². The third-order valence-corrected chi connectivity index (χ3v) is 4.79. The molecule has 0 atom stereocenters. The van der Waals surface area contributed by atoms with E-state index < -0.39 is 20.4 Å². The van der Waals surface area contributed by atoms with Gasteiger partial charge in [0.25, 0.3) is 5.69 Å². The van der Waals surface area contributed by atoms with Gasteiger partial charge >= 0.3 is 0 Å². The number of nitro groups is 1. The van der Waals surface area contributed by atoms with Crippen LogP contribution in [0, 0.1) is 10.1 Å². The van der Waals surface area contributed by atoms with E-state index in [4.69, 9.17) is 11.6 Å². The number of nitro benzene ring substituents is 1. The molecule has 1 heterocycles. The fourth-order valence-electron chi connectivity index (χ4n) is 2.25. The Bertz CT molecular complexity index is 861. The van der Waals surface area contributed by atoms with Crippen LogP contribution in [0.4, 0.5) is 11.4 Å². The number of sulfone groups is 1. The molecular formula is C14H16ClN3O4S. The van der Waals surface area contributed by atoms with E-state index in [0.717, 1.165) is 11.9 Å². The molecular weight excluding hydrogens is 342 g/mol. The molecule has 0 spiro atoms. The lowest BCUT2D eigenvalue weighted by molar-refractivity contribution is -0.387. The smallest absolute Gasteiger partial charge is 0.288 e. The predicted molar refractivity (Wildman–Crippen MR) is 88.7 cm³/mol.